The van der Waals surface area contributed by atoms with E-state index in [-0.39, 0.29) is 0 Å². The minimum Gasteiger partial charge on any atom is -0.361 e. The largest absolute Gasteiger partial charge is 0.361 e. The van der Waals surface area contributed by atoms with Gasteiger partial charge in [0, 0.05) is 93.6 Å². The lowest BCUT2D eigenvalue weighted by Crippen LogP contribution is -2.28. The Kier molecular flexibility index (Phi) is 19.0. The Labute approximate surface area is 424 Å². The number of benzene rings is 3. The Morgan fingerprint density at radius 3 is 1.80 bits per heavy atom. The number of aromatic amines is 2. The van der Waals surface area contributed by atoms with Crippen molar-refractivity contribution in [2.24, 2.45) is 24.0 Å². The number of hydrogen-bond donors (Lipinski definition) is 3. The van der Waals surface area contributed by atoms with Crippen LogP contribution in [0.15, 0.2) is 170 Å². The standard InChI is InChI=1S/2C12H15N.C11H13N.C10H12N2.C10H14N2.C8H11N/c1-9(2)11-8-13(3)12-7-5-4-6-10(11)12;1-8(2)12-9(3)13-11-7-5-4-6-10(11)12;1-8(2)10-7-12-11-6-4-3-5-9(10)11;1-8(2)9-7-11-12-6-4-3-5-10(9)12;1-7(2)10-8-5-3-4-6-9(8)11-12-10;1-7(2)8-4-3-5-9-6-8/h4-9H,1-3H3;4-8,13H,1-3H3;3-8,12H,1-2H3;3-8H,1-2H3;3-9,11H,1-2H3;3-7H,1-2H3. The molecule has 2 atom stereocenters. The van der Waals surface area contributed by atoms with Crippen molar-refractivity contribution in [2.45, 2.75) is 126 Å². The molecule has 71 heavy (non-hydrogen) atoms. The number of aromatic nitrogens is 6. The number of nitrogens with zero attached hydrogens (tertiary/aromatic N) is 5. The summed E-state index contributed by atoms with van der Waals surface area (Å²) >= 11 is 0. The summed E-state index contributed by atoms with van der Waals surface area (Å²) in [5.41, 5.74) is 17.7. The summed E-state index contributed by atoms with van der Waals surface area (Å²) in [5, 5.41) is 12.7. The van der Waals surface area contributed by atoms with Gasteiger partial charge in [-0.05, 0) is 101 Å². The van der Waals surface area contributed by atoms with Crippen LogP contribution in [0.2, 0.25) is 0 Å². The molecule has 1 aliphatic heterocycles. The zero-order chi connectivity index (χ0) is 51.2. The fraction of sp³-hybridized carbons (Fsp3) is 0.349. The SMILES string of the molecule is CC(C)C1=NNC2C=CC=CC12.CC(C)c1c[nH]c2ccccc12.CC(C)c1cccnc1.CC(C)c1cn(C)c2ccccc12.CC(C)c1cnn2ccccc12.Cc1[nH]c2ccccc2c1C(C)C. The van der Waals surface area contributed by atoms with Crippen LogP contribution in [0.5, 0.6) is 0 Å². The third-order valence-electron chi connectivity index (χ3n) is 13.2. The maximum Gasteiger partial charge on any atom is 0.0739 e. The summed E-state index contributed by atoms with van der Waals surface area (Å²) in [7, 11) is 2.11. The highest BCUT2D eigenvalue weighted by Gasteiger charge is 2.30. The summed E-state index contributed by atoms with van der Waals surface area (Å²) in [5.74, 6) is 3.98. The number of rotatable bonds is 6. The van der Waals surface area contributed by atoms with Crippen LogP contribution in [-0.4, -0.2) is 40.9 Å². The van der Waals surface area contributed by atoms with Gasteiger partial charge in [0.2, 0.25) is 0 Å². The van der Waals surface area contributed by atoms with E-state index in [0.717, 1.165) is 0 Å². The Morgan fingerprint density at radius 1 is 0.549 bits per heavy atom. The van der Waals surface area contributed by atoms with Gasteiger partial charge in [-0.25, -0.2) is 4.52 Å². The van der Waals surface area contributed by atoms with Crippen molar-refractivity contribution in [3.8, 4) is 0 Å². The van der Waals surface area contributed by atoms with Crippen molar-refractivity contribution < 1.29 is 0 Å². The van der Waals surface area contributed by atoms with Gasteiger partial charge in [0.15, 0.2) is 0 Å². The molecular formula is C63H80N8. The van der Waals surface area contributed by atoms with Crippen LogP contribution in [0, 0.1) is 18.8 Å². The summed E-state index contributed by atoms with van der Waals surface area (Å²) < 4.78 is 4.11. The number of hydrazone groups is 1. The lowest BCUT2D eigenvalue weighted by molar-refractivity contribution is 0.616. The molecule has 372 valence electrons. The number of allylic oxidation sites excluding steroid dienone is 2. The maximum atomic E-state index is 4.34. The minimum absolute atomic E-state index is 0.410. The molecule has 0 radical (unpaired) electrons. The van der Waals surface area contributed by atoms with Crippen molar-refractivity contribution in [1.82, 2.24) is 34.6 Å². The van der Waals surface area contributed by atoms with Crippen LogP contribution < -0.4 is 5.43 Å². The molecule has 8 heteroatoms. The normalized spacial score (nSPS) is 14.6. The van der Waals surface area contributed by atoms with E-state index in [9.17, 15) is 0 Å². The number of nitrogens with one attached hydrogen (secondary N) is 3. The average molecular weight is 949 g/mol. The van der Waals surface area contributed by atoms with Crippen LogP contribution in [-0.2, 0) is 7.05 Å². The van der Waals surface area contributed by atoms with Gasteiger partial charge < -0.3 is 20.0 Å². The minimum atomic E-state index is 0.410. The number of para-hydroxylation sites is 3. The topological polar surface area (TPSA) is 91.1 Å². The lowest BCUT2D eigenvalue weighted by Gasteiger charge is -2.17. The molecule has 2 unspecified atom stereocenters. The van der Waals surface area contributed by atoms with Gasteiger partial charge in [0.05, 0.1) is 17.8 Å². The van der Waals surface area contributed by atoms with Crippen molar-refractivity contribution >= 4 is 43.9 Å². The molecule has 0 saturated carbocycles. The third-order valence-corrected chi connectivity index (χ3v) is 13.2. The number of fused-ring (bicyclic) bond motifs is 5. The summed E-state index contributed by atoms with van der Waals surface area (Å²) in [6, 6.07) is 36.1. The van der Waals surface area contributed by atoms with Gasteiger partial charge >= 0.3 is 0 Å². The van der Waals surface area contributed by atoms with Gasteiger partial charge in [0.1, 0.15) is 0 Å². The number of pyridine rings is 2. The van der Waals surface area contributed by atoms with Gasteiger partial charge in [-0.2, -0.15) is 10.2 Å². The first kappa shape index (κ1) is 53.4. The van der Waals surface area contributed by atoms with E-state index in [1.165, 1.54) is 77.4 Å². The number of H-pyrrole nitrogens is 2. The van der Waals surface area contributed by atoms with Crippen molar-refractivity contribution in [1.29, 1.82) is 0 Å². The fourth-order valence-corrected chi connectivity index (χ4v) is 9.31. The molecule has 9 aromatic rings. The van der Waals surface area contributed by atoms with Crippen LogP contribution in [0.3, 0.4) is 0 Å². The fourth-order valence-electron chi connectivity index (χ4n) is 9.31. The molecule has 2 aliphatic rings. The van der Waals surface area contributed by atoms with Gasteiger partial charge in [0.25, 0.3) is 0 Å². The quantitative estimate of drug-likeness (QED) is 0.155. The van der Waals surface area contributed by atoms with Gasteiger partial charge in [-0.3, -0.25) is 4.98 Å². The van der Waals surface area contributed by atoms with Crippen molar-refractivity contribution in [3.05, 3.63) is 198 Å². The van der Waals surface area contributed by atoms with Crippen molar-refractivity contribution in [3.63, 3.8) is 0 Å². The Morgan fingerprint density at radius 2 is 1.17 bits per heavy atom. The molecule has 0 amide bonds. The molecule has 8 nitrogen and oxygen atoms in total. The second kappa shape index (κ2) is 25.3. The van der Waals surface area contributed by atoms with E-state index < -0.39 is 0 Å². The van der Waals surface area contributed by atoms with E-state index in [1.54, 1.807) is 6.20 Å². The number of hydrogen-bond acceptors (Lipinski definition) is 4. The third kappa shape index (κ3) is 13.7. The highest BCUT2D eigenvalue weighted by atomic mass is 15.3. The molecular weight excluding hydrogens is 869 g/mol. The molecule has 0 fully saturated rings. The molecule has 3 aromatic carbocycles. The first-order chi connectivity index (χ1) is 34.1. The van der Waals surface area contributed by atoms with E-state index in [2.05, 4.69) is 254 Å². The molecule has 0 bridgehead atoms. The van der Waals surface area contributed by atoms with Crippen LogP contribution in [0.4, 0.5) is 0 Å². The predicted octanol–water partition coefficient (Wildman–Crippen LogP) is 16.6. The van der Waals surface area contributed by atoms with Crippen molar-refractivity contribution in [2.75, 3.05) is 0 Å². The Bertz CT molecular complexity index is 3040. The van der Waals surface area contributed by atoms with Crippen LogP contribution >= 0.6 is 0 Å². The van der Waals surface area contributed by atoms with E-state index in [1.807, 2.05) is 41.3 Å². The second-order valence-electron chi connectivity index (χ2n) is 20.5. The number of aryl methyl sites for hydroxylation is 2. The monoisotopic (exact) mass is 949 g/mol. The van der Waals surface area contributed by atoms with Gasteiger partial charge in [-0.15, -0.1) is 0 Å². The lowest BCUT2D eigenvalue weighted by atomic mass is 9.87. The molecule has 0 spiro atoms. The molecule has 3 N–H and O–H groups in total. The maximum absolute atomic E-state index is 4.34. The second-order valence-corrected chi connectivity index (χ2v) is 20.5. The van der Waals surface area contributed by atoms with Crippen LogP contribution in [0.25, 0.3) is 38.2 Å². The molecule has 6 aromatic heterocycles. The smallest absolute Gasteiger partial charge is 0.0739 e. The van der Waals surface area contributed by atoms with E-state index >= 15 is 0 Å². The summed E-state index contributed by atoms with van der Waals surface area (Å²) in [4.78, 5) is 10.7. The zero-order valence-electron chi connectivity index (χ0n) is 44.9. The molecule has 0 saturated heterocycles. The summed E-state index contributed by atoms with van der Waals surface area (Å²) in [6.45, 7) is 28.6. The molecule has 7 heterocycles. The highest BCUT2D eigenvalue weighted by molar-refractivity contribution is 5.92. The Balaban J connectivity index is 0.000000140. The zero-order valence-corrected chi connectivity index (χ0v) is 44.9. The van der Waals surface area contributed by atoms with Gasteiger partial charge in [-0.1, -0.05) is 174 Å². The Hall–Kier alpha value is -6.93. The first-order valence-electron chi connectivity index (χ1n) is 25.7. The average Bonchev–Trinajstić information content (AvgIpc) is 4.21. The summed E-state index contributed by atoms with van der Waals surface area (Å²) in [6.07, 6.45) is 20.5. The van der Waals surface area contributed by atoms with Crippen LogP contribution in [0.1, 0.15) is 146 Å². The molecule has 1 aliphatic carbocycles. The predicted molar refractivity (Wildman–Crippen MR) is 305 cm³/mol. The van der Waals surface area contributed by atoms with E-state index in [4.69, 9.17) is 0 Å². The van der Waals surface area contributed by atoms with E-state index in [0.29, 0.717) is 47.5 Å². The molecule has 11 rings (SSSR count). The first-order valence-corrected chi connectivity index (χ1v) is 25.7. The highest BCUT2D eigenvalue weighted by Crippen LogP contribution is 2.29.